The highest BCUT2D eigenvalue weighted by molar-refractivity contribution is 7.87. The van der Waals surface area contributed by atoms with Crippen LogP contribution in [0.5, 0.6) is 0 Å². The summed E-state index contributed by atoms with van der Waals surface area (Å²) < 4.78 is 28.6. The molecule has 1 saturated carbocycles. The molecule has 2 rings (SSSR count). The minimum absolute atomic E-state index is 0.0842. The average Bonchev–Trinajstić information content (AvgIpc) is 3.20. The lowest BCUT2D eigenvalue weighted by Gasteiger charge is -2.33. The zero-order valence-corrected chi connectivity index (χ0v) is 11.8. The zero-order valence-electron chi connectivity index (χ0n) is 11.0. The standard InChI is InChI=1S/C12H24N2O3S/c1-10(11-5-6-11)8-13-18(16,17)14-7-3-2-4-12(14)9-15/h10-13,15H,2-9H2,1H3. The molecule has 0 amide bonds. The summed E-state index contributed by atoms with van der Waals surface area (Å²) in [5, 5.41) is 9.27. The van der Waals surface area contributed by atoms with Crippen LogP contribution in [0.4, 0.5) is 0 Å². The maximum absolute atomic E-state index is 12.2. The summed E-state index contributed by atoms with van der Waals surface area (Å²) in [5.74, 6) is 1.11. The van der Waals surface area contributed by atoms with Gasteiger partial charge in [-0.15, -0.1) is 0 Å². The second kappa shape index (κ2) is 5.86. The normalized spacial score (nSPS) is 28.2. The third-order valence-electron chi connectivity index (χ3n) is 4.11. The third-order valence-corrected chi connectivity index (χ3v) is 5.74. The lowest BCUT2D eigenvalue weighted by molar-refractivity contribution is 0.153. The molecule has 5 nitrogen and oxygen atoms in total. The van der Waals surface area contributed by atoms with E-state index in [4.69, 9.17) is 0 Å². The molecule has 2 unspecified atom stereocenters. The van der Waals surface area contributed by atoms with Crippen molar-refractivity contribution in [2.75, 3.05) is 19.7 Å². The number of aliphatic hydroxyl groups is 1. The van der Waals surface area contributed by atoms with Crippen LogP contribution in [-0.2, 0) is 10.2 Å². The van der Waals surface area contributed by atoms with Crippen LogP contribution in [0, 0.1) is 11.8 Å². The molecule has 1 heterocycles. The molecule has 18 heavy (non-hydrogen) atoms. The number of hydrogen-bond acceptors (Lipinski definition) is 3. The molecule has 2 N–H and O–H groups in total. The first-order chi connectivity index (χ1) is 8.54. The van der Waals surface area contributed by atoms with Crippen LogP contribution in [0.1, 0.15) is 39.0 Å². The predicted octanol–water partition coefficient (Wildman–Crippen LogP) is 0.714. The minimum Gasteiger partial charge on any atom is -0.395 e. The minimum atomic E-state index is -3.42. The van der Waals surface area contributed by atoms with Crippen LogP contribution < -0.4 is 4.72 Å². The van der Waals surface area contributed by atoms with E-state index in [-0.39, 0.29) is 12.6 Å². The largest absolute Gasteiger partial charge is 0.395 e. The van der Waals surface area contributed by atoms with Gasteiger partial charge in [-0.25, -0.2) is 4.72 Å². The molecule has 2 fully saturated rings. The van der Waals surface area contributed by atoms with Crippen molar-refractivity contribution in [3.63, 3.8) is 0 Å². The van der Waals surface area contributed by atoms with Gasteiger partial charge in [0, 0.05) is 19.1 Å². The van der Waals surface area contributed by atoms with Gasteiger partial charge in [-0.05, 0) is 37.5 Å². The highest BCUT2D eigenvalue weighted by Crippen LogP contribution is 2.36. The van der Waals surface area contributed by atoms with Crippen LogP contribution in [0.3, 0.4) is 0 Å². The monoisotopic (exact) mass is 276 g/mol. The predicted molar refractivity (Wildman–Crippen MR) is 70.2 cm³/mol. The summed E-state index contributed by atoms with van der Waals surface area (Å²) in [6.07, 6.45) is 5.10. The van der Waals surface area contributed by atoms with Gasteiger partial charge in [0.2, 0.25) is 0 Å². The third kappa shape index (κ3) is 3.44. The first kappa shape index (κ1) is 14.2. The van der Waals surface area contributed by atoms with Crippen molar-refractivity contribution in [1.29, 1.82) is 0 Å². The van der Waals surface area contributed by atoms with E-state index < -0.39 is 10.2 Å². The fourth-order valence-corrected chi connectivity index (χ4v) is 4.20. The van der Waals surface area contributed by atoms with E-state index in [0.29, 0.717) is 24.9 Å². The second-order valence-electron chi connectivity index (χ2n) is 5.61. The molecule has 0 aromatic heterocycles. The number of hydrogen-bond donors (Lipinski definition) is 2. The first-order valence-electron chi connectivity index (χ1n) is 6.92. The highest BCUT2D eigenvalue weighted by Gasteiger charge is 2.33. The van der Waals surface area contributed by atoms with E-state index in [2.05, 4.69) is 11.6 Å². The van der Waals surface area contributed by atoms with E-state index in [1.807, 2.05) is 0 Å². The number of nitrogens with one attached hydrogen (secondary N) is 1. The van der Waals surface area contributed by atoms with Crippen molar-refractivity contribution in [2.24, 2.45) is 11.8 Å². The van der Waals surface area contributed by atoms with Crippen molar-refractivity contribution >= 4 is 10.2 Å². The SMILES string of the molecule is CC(CNS(=O)(=O)N1CCCCC1CO)C1CC1. The summed E-state index contributed by atoms with van der Waals surface area (Å²) in [6.45, 7) is 3.05. The van der Waals surface area contributed by atoms with E-state index >= 15 is 0 Å². The van der Waals surface area contributed by atoms with Gasteiger partial charge in [0.25, 0.3) is 10.2 Å². The van der Waals surface area contributed by atoms with Crippen LogP contribution in [0.2, 0.25) is 0 Å². The molecule has 1 aliphatic carbocycles. The Labute approximate surface area is 110 Å². The molecular weight excluding hydrogens is 252 g/mol. The quantitative estimate of drug-likeness (QED) is 0.751. The van der Waals surface area contributed by atoms with E-state index in [9.17, 15) is 13.5 Å². The molecule has 106 valence electrons. The zero-order chi connectivity index (χ0) is 13.2. The Kier molecular flexibility index (Phi) is 4.64. The van der Waals surface area contributed by atoms with Crippen molar-refractivity contribution < 1.29 is 13.5 Å². The summed E-state index contributed by atoms with van der Waals surface area (Å²) in [6, 6.07) is -0.243. The highest BCUT2D eigenvalue weighted by atomic mass is 32.2. The molecule has 1 saturated heterocycles. The van der Waals surface area contributed by atoms with Gasteiger partial charge in [-0.2, -0.15) is 12.7 Å². The Morgan fingerprint density at radius 2 is 2.06 bits per heavy atom. The number of piperidine rings is 1. The Morgan fingerprint density at radius 3 is 2.67 bits per heavy atom. The lowest BCUT2D eigenvalue weighted by atomic mass is 10.1. The Balaban J connectivity index is 1.91. The summed E-state index contributed by atoms with van der Waals surface area (Å²) in [5.41, 5.74) is 0. The van der Waals surface area contributed by atoms with Gasteiger partial charge in [0.1, 0.15) is 0 Å². The maximum Gasteiger partial charge on any atom is 0.279 e. The molecule has 0 aromatic carbocycles. The van der Waals surface area contributed by atoms with Crippen molar-refractivity contribution in [3.05, 3.63) is 0 Å². The molecule has 2 aliphatic rings. The van der Waals surface area contributed by atoms with Gasteiger partial charge in [0.05, 0.1) is 6.61 Å². The molecule has 0 radical (unpaired) electrons. The van der Waals surface area contributed by atoms with Gasteiger partial charge < -0.3 is 5.11 Å². The molecule has 0 aromatic rings. The number of aliphatic hydroxyl groups excluding tert-OH is 1. The summed E-state index contributed by atoms with van der Waals surface area (Å²) >= 11 is 0. The summed E-state index contributed by atoms with van der Waals surface area (Å²) in [4.78, 5) is 0. The van der Waals surface area contributed by atoms with Crippen molar-refractivity contribution in [3.8, 4) is 0 Å². The van der Waals surface area contributed by atoms with Gasteiger partial charge in [-0.1, -0.05) is 13.3 Å². The van der Waals surface area contributed by atoms with Crippen LogP contribution >= 0.6 is 0 Å². The van der Waals surface area contributed by atoms with E-state index in [1.54, 1.807) is 0 Å². The smallest absolute Gasteiger partial charge is 0.279 e. The first-order valence-corrected chi connectivity index (χ1v) is 8.36. The summed E-state index contributed by atoms with van der Waals surface area (Å²) in [7, 11) is -3.42. The van der Waals surface area contributed by atoms with Crippen LogP contribution in [0.15, 0.2) is 0 Å². The average molecular weight is 276 g/mol. The molecule has 6 heteroatoms. The Hall–Kier alpha value is -0.170. The Bertz CT molecular complexity index is 368. The second-order valence-corrected chi connectivity index (χ2v) is 7.32. The molecule has 1 aliphatic heterocycles. The van der Waals surface area contributed by atoms with Gasteiger partial charge in [0.15, 0.2) is 0 Å². The van der Waals surface area contributed by atoms with Gasteiger partial charge in [-0.3, -0.25) is 0 Å². The fourth-order valence-electron chi connectivity index (χ4n) is 2.62. The van der Waals surface area contributed by atoms with Crippen molar-refractivity contribution in [1.82, 2.24) is 9.03 Å². The topological polar surface area (TPSA) is 69.6 Å². The van der Waals surface area contributed by atoms with E-state index in [1.165, 1.54) is 17.1 Å². The molecule has 2 atom stereocenters. The maximum atomic E-state index is 12.2. The van der Waals surface area contributed by atoms with Crippen molar-refractivity contribution in [2.45, 2.75) is 45.1 Å². The number of rotatable bonds is 6. The lowest BCUT2D eigenvalue weighted by Crippen LogP contribution is -2.51. The van der Waals surface area contributed by atoms with Gasteiger partial charge >= 0.3 is 0 Å². The molecular formula is C12H24N2O3S. The van der Waals surface area contributed by atoms with Crippen LogP contribution in [0.25, 0.3) is 0 Å². The number of nitrogens with zero attached hydrogens (tertiary/aromatic N) is 1. The molecule has 0 bridgehead atoms. The van der Waals surface area contributed by atoms with E-state index in [0.717, 1.165) is 19.3 Å². The van der Waals surface area contributed by atoms with Crippen LogP contribution in [-0.4, -0.2) is 43.6 Å². The molecule has 0 spiro atoms. The fraction of sp³-hybridized carbons (Fsp3) is 1.00. The Morgan fingerprint density at radius 1 is 1.33 bits per heavy atom.